The molecule has 0 bridgehead atoms. The number of piperidine rings is 1. The molecule has 0 radical (unpaired) electrons. The van der Waals surface area contributed by atoms with Gasteiger partial charge in [-0.2, -0.15) is 0 Å². The van der Waals surface area contributed by atoms with E-state index in [1.807, 2.05) is 54.6 Å². The van der Waals surface area contributed by atoms with Crippen LogP contribution < -0.4 is 20.3 Å². The average molecular weight is 408 g/mol. The Kier molecular flexibility index (Phi) is 7.49. The van der Waals surface area contributed by atoms with Gasteiger partial charge in [0.1, 0.15) is 11.8 Å². The zero-order valence-corrected chi connectivity index (χ0v) is 17.5. The van der Waals surface area contributed by atoms with Gasteiger partial charge >= 0.3 is 0 Å². The number of anilines is 1. The standard InChI is InChI=1S/C24H29N3O3/c1-18(25-23(28)15-14-19-9-4-3-5-10-19)24(29)26-20-11-8-16-27(17-20)21-12-6-7-13-22(21)30-2/h3-7,9-10,12-15,18,20H,8,11,16-17H2,1-2H3,(H,25,28)(H,26,29)/b15-14+. The van der Waals surface area contributed by atoms with Crippen LogP contribution in [-0.2, 0) is 9.59 Å². The predicted molar refractivity (Wildman–Crippen MR) is 119 cm³/mol. The van der Waals surface area contributed by atoms with Crippen LogP contribution in [0.1, 0.15) is 25.3 Å². The maximum Gasteiger partial charge on any atom is 0.244 e. The Labute approximate surface area is 177 Å². The second-order valence-electron chi connectivity index (χ2n) is 7.44. The molecule has 0 spiro atoms. The van der Waals surface area contributed by atoms with Gasteiger partial charge in [-0.15, -0.1) is 0 Å². The summed E-state index contributed by atoms with van der Waals surface area (Å²) in [6, 6.07) is 16.9. The van der Waals surface area contributed by atoms with Crippen molar-refractivity contribution < 1.29 is 14.3 Å². The van der Waals surface area contributed by atoms with Crippen LogP contribution in [0.2, 0.25) is 0 Å². The van der Waals surface area contributed by atoms with Crippen molar-refractivity contribution in [2.24, 2.45) is 0 Å². The fraction of sp³-hybridized carbons (Fsp3) is 0.333. The van der Waals surface area contributed by atoms with Crippen LogP contribution in [0.3, 0.4) is 0 Å². The number of benzene rings is 2. The number of amides is 2. The SMILES string of the molecule is COc1ccccc1N1CCCC(NC(=O)C(C)NC(=O)/C=C/c2ccccc2)C1. The first-order valence-electron chi connectivity index (χ1n) is 10.3. The topological polar surface area (TPSA) is 70.7 Å². The number of para-hydroxylation sites is 2. The summed E-state index contributed by atoms with van der Waals surface area (Å²) in [5.41, 5.74) is 1.97. The van der Waals surface area contributed by atoms with Gasteiger partial charge in [0.25, 0.3) is 0 Å². The molecule has 2 unspecified atom stereocenters. The zero-order chi connectivity index (χ0) is 21.3. The molecule has 6 heteroatoms. The van der Waals surface area contributed by atoms with Gasteiger partial charge in [-0.1, -0.05) is 42.5 Å². The lowest BCUT2D eigenvalue weighted by molar-refractivity contribution is -0.127. The molecule has 0 aliphatic carbocycles. The van der Waals surface area contributed by atoms with Crippen LogP contribution in [0.15, 0.2) is 60.7 Å². The van der Waals surface area contributed by atoms with Crippen molar-refractivity contribution in [2.75, 3.05) is 25.1 Å². The molecule has 158 valence electrons. The number of hydrogen-bond acceptors (Lipinski definition) is 4. The molecule has 2 atom stereocenters. The molecule has 2 aromatic carbocycles. The highest BCUT2D eigenvalue weighted by Crippen LogP contribution is 2.29. The van der Waals surface area contributed by atoms with Crippen molar-refractivity contribution in [3.05, 3.63) is 66.2 Å². The highest BCUT2D eigenvalue weighted by molar-refractivity contribution is 5.95. The minimum atomic E-state index is -0.612. The van der Waals surface area contributed by atoms with Crippen molar-refractivity contribution in [2.45, 2.75) is 31.8 Å². The summed E-state index contributed by atoms with van der Waals surface area (Å²) in [5.74, 6) is 0.361. The van der Waals surface area contributed by atoms with Gasteiger partial charge in [0.2, 0.25) is 11.8 Å². The Morgan fingerprint density at radius 3 is 2.63 bits per heavy atom. The number of ether oxygens (including phenoxy) is 1. The van der Waals surface area contributed by atoms with Crippen LogP contribution in [0.5, 0.6) is 5.75 Å². The first-order chi connectivity index (χ1) is 14.6. The van der Waals surface area contributed by atoms with Gasteiger partial charge < -0.3 is 20.3 Å². The van der Waals surface area contributed by atoms with Crippen LogP contribution >= 0.6 is 0 Å². The quantitative estimate of drug-likeness (QED) is 0.693. The summed E-state index contributed by atoms with van der Waals surface area (Å²) >= 11 is 0. The molecule has 2 amide bonds. The van der Waals surface area contributed by atoms with Crippen LogP contribution in [-0.4, -0.2) is 44.1 Å². The molecule has 0 saturated carbocycles. The van der Waals surface area contributed by atoms with Crippen molar-refractivity contribution >= 4 is 23.6 Å². The normalized spacial score (nSPS) is 17.4. The molecule has 1 aliphatic heterocycles. The van der Waals surface area contributed by atoms with E-state index in [0.29, 0.717) is 6.54 Å². The molecule has 6 nitrogen and oxygen atoms in total. The highest BCUT2D eigenvalue weighted by Gasteiger charge is 2.25. The lowest BCUT2D eigenvalue weighted by Gasteiger charge is -2.35. The van der Waals surface area contributed by atoms with Crippen molar-refractivity contribution in [3.63, 3.8) is 0 Å². The van der Waals surface area contributed by atoms with Crippen LogP contribution in [0.4, 0.5) is 5.69 Å². The van der Waals surface area contributed by atoms with E-state index >= 15 is 0 Å². The van der Waals surface area contributed by atoms with Gasteiger partial charge in [0.05, 0.1) is 12.8 Å². The third-order valence-electron chi connectivity index (χ3n) is 5.17. The third-order valence-corrected chi connectivity index (χ3v) is 5.17. The number of methoxy groups -OCH3 is 1. The Morgan fingerprint density at radius 1 is 1.13 bits per heavy atom. The van der Waals surface area contributed by atoms with Gasteiger partial charge in [-0.05, 0) is 43.5 Å². The fourth-order valence-electron chi connectivity index (χ4n) is 3.59. The molecule has 1 saturated heterocycles. The minimum absolute atomic E-state index is 0.0235. The van der Waals surface area contributed by atoms with Gasteiger partial charge in [0.15, 0.2) is 0 Å². The molecular formula is C24H29N3O3. The summed E-state index contributed by atoms with van der Waals surface area (Å²) in [6.45, 7) is 3.33. The van der Waals surface area contributed by atoms with E-state index < -0.39 is 6.04 Å². The summed E-state index contributed by atoms with van der Waals surface area (Å²) in [6.07, 6.45) is 5.06. The second-order valence-corrected chi connectivity index (χ2v) is 7.44. The third kappa shape index (κ3) is 5.86. The van der Waals surface area contributed by atoms with Gasteiger partial charge in [-0.25, -0.2) is 0 Å². The lowest BCUT2D eigenvalue weighted by Crippen LogP contribution is -2.53. The first kappa shape index (κ1) is 21.4. The van der Waals surface area contributed by atoms with E-state index in [-0.39, 0.29) is 17.9 Å². The number of nitrogens with one attached hydrogen (secondary N) is 2. The van der Waals surface area contributed by atoms with E-state index in [1.54, 1.807) is 20.1 Å². The second kappa shape index (κ2) is 10.5. The van der Waals surface area contributed by atoms with E-state index in [0.717, 1.165) is 36.4 Å². The van der Waals surface area contributed by atoms with E-state index in [2.05, 4.69) is 15.5 Å². The average Bonchev–Trinajstić information content (AvgIpc) is 2.78. The van der Waals surface area contributed by atoms with Crippen LogP contribution in [0.25, 0.3) is 6.08 Å². The minimum Gasteiger partial charge on any atom is -0.495 e. The molecule has 1 fully saturated rings. The summed E-state index contributed by atoms with van der Waals surface area (Å²) in [4.78, 5) is 27.0. The van der Waals surface area contributed by atoms with Crippen molar-refractivity contribution in [3.8, 4) is 5.75 Å². The molecule has 2 N–H and O–H groups in total. The maximum absolute atomic E-state index is 12.6. The number of nitrogens with zero attached hydrogens (tertiary/aromatic N) is 1. The predicted octanol–water partition coefficient (Wildman–Crippen LogP) is 3.00. The van der Waals surface area contributed by atoms with Gasteiger partial charge in [0, 0.05) is 25.2 Å². The van der Waals surface area contributed by atoms with Crippen LogP contribution in [0, 0.1) is 0 Å². The first-order valence-corrected chi connectivity index (χ1v) is 10.3. The highest BCUT2D eigenvalue weighted by atomic mass is 16.5. The molecule has 2 aromatic rings. The molecule has 1 heterocycles. The number of carbonyl (C=O) groups is 2. The molecule has 30 heavy (non-hydrogen) atoms. The summed E-state index contributed by atoms with van der Waals surface area (Å²) in [7, 11) is 1.67. The van der Waals surface area contributed by atoms with E-state index in [1.165, 1.54) is 6.08 Å². The van der Waals surface area contributed by atoms with E-state index in [9.17, 15) is 9.59 Å². The largest absolute Gasteiger partial charge is 0.495 e. The van der Waals surface area contributed by atoms with Gasteiger partial charge in [-0.3, -0.25) is 9.59 Å². The van der Waals surface area contributed by atoms with Crippen molar-refractivity contribution in [1.82, 2.24) is 10.6 Å². The Bertz CT molecular complexity index is 882. The Balaban J connectivity index is 1.52. The maximum atomic E-state index is 12.6. The number of carbonyl (C=O) groups excluding carboxylic acids is 2. The summed E-state index contributed by atoms with van der Waals surface area (Å²) in [5, 5.41) is 5.80. The smallest absolute Gasteiger partial charge is 0.244 e. The molecular weight excluding hydrogens is 378 g/mol. The summed E-state index contributed by atoms with van der Waals surface area (Å²) < 4.78 is 5.47. The molecule has 0 aromatic heterocycles. The molecule has 1 aliphatic rings. The Hall–Kier alpha value is -3.28. The van der Waals surface area contributed by atoms with Crippen molar-refractivity contribution in [1.29, 1.82) is 0 Å². The zero-order valence-electron chi connectivity index (χ0n) is 17.5. The fourth-order valence-corrected chi connectivity index (χ4v) is 3.59. The van der Waals surface area contributed by atoms with E-state index in [4.69, 9.17) is 4.74 Å². The monoisotopic (exact) mass is 407 g/mol. The molecule has 3 rings (SSSR count). The number of hydrogen-bond donors (Lipinski definition) is 2. The Morgan fingerprint density at radius 2 is 1.87 bits per heavy atom. The lowest BCUT2D eigenvalue weighted by atomic mass is 10.0. The number of rotatable bonds is 7.